The lowest BCUT2D eigenvalue weighted by molar-refractivity contribution is 0.139. The van der Waals surface area contributed by atoms with Crippen LogP contribution in [0.4, 0.5) is 0 Å². The second-order valence-corrected chi connectivity index (χ2v) is 5.68. The molecular weight excluding hydrogens is 270 g/mol. The van der Waals surface area contributed by atoms with Gasteiger partial charge >= 0.3 is 0 Å². The first-order chi connectivity index (χ1) is 9.76. The fourth-order valence-corrected chi connectivity index (χ4v) is 2.46. The third-order valence-electron chi connectivity index (χ3n) is 3.40. The molecule has 2 nitrogen and oxygen atoms in total. The molecule has 20 heavy (non-hydrogen) atoms. The Balaban J connectivity index is 2.41. The van der Waals surface area contributed by atoms with Crippen molar-refractivity contribution in [3.05, 3.63) is 34.9 Å². The normalized spacial score (nSPS) is 12.6. The third-order valence-corrected chi connectivity index (χ3v) is 3.65. The van der Waals surface area contributed by atoms with Gasteiger partial charge in [0.2, 0.25) is 0 Å². The van der Waals surface area contributed by atoms with Crippen LogP contribution in [0.15, 0.2) is 24.3 Å². The maximum absolute atomic E-state index is 5.94. The summed E-state index contributed by atoms with van der Waals surface area (Å²) in [5.74, 6) is 0.670. The van der Waals surface area contributed by atoms with Crippen molar-refractivity contribution in [3.63, 3.8) is 0 Å². The molecule has 1 aromatic rings. The summed E-state index contributed by atoms with van der Waals surface area (Å²) in [7, 11) is 0. The van der Waals surface area contributed by atoms with Gasteiger partial charge in [-0.15, -0.1) is 0 Å². The zero-order valence-corrected chi connectivity index (χ0v) is 13.6. The van der Waals surface area contributed by atoms with Gasteiger partial charge in [0, 0.05) is 18.2 Å². The van der Waals surface area contributed by atoms with E-state index < -0.39 is 0 Å². The Bertz CT molecular complexity index is 339. The van der Waals surface area contributed by atoms with Crippen LogP contribution in [0.1, 0.15) is 38.7 Å². The molecule has 1 unspecified atom stereocenters. The summed E-state index contributed by atoms with van der Waals surface area (Å²) in [6.07, 6.45) is 4.64. The van der Waals surface area contributed by atoms with Crippen LogP contribution in [-0.4, -0.2) is 26.3 Å². The van der Waals surface area contributed by atoms with Crippen molar-refractivity contribution in [2.24, 2.45) is 5.92 Å². The summed E-state index contributed by atoms with van der Waals surface area (Å²) < 4.78 is 5.44. The summed E-state index contributed by atoms with van der Waals surface area (Å²) in [4.78, 5) is 0. The Kier molecular flexibility index (Phi) is 9.73. The van der Waals surface area contributed by atoms with E-state index in [1.807, 2.05) is 19.1 Å². The maximum atomic E-state index is 5.94. The van der Waals surface area contributed by atoms with Crippen LogP contribution in [0.2, 0.25) is 5.02 Å². The van der Waals surface area contributed by atoms with E-state index in [1.165, 1.54) is 18.4 Å². The van der Waals surface area contributed by atoms with E-state index >= 15 is 0 Å². The highest BCUT2D eigenvalue weighted by atomic mass is 35.5. The molecular formula is C17H28ClNO. The molecule has 0 bridgehead atoms. The second kappa shape index (κ2) is 11.1. The number of hydrogen-bond donors (Lipinski definition) is 1. The average Bonchev–Trinajstić information content (AvgIpc) is 2.46. The Labute approximate surface area is 128 Å². The van der Waals surface area contributed by atoms with Crippen LogP contribution in [0.25, 0.3) is 0 Å². The first kappa shape index (κ1) is 17.5. The molecule has 0 radical (unpaired) electrons. The van der Waals surface area contributed by atoms with Gasteiger partial charge in [0.25, 0.3) is 0 Å². The molecule has 0 heterocycles. The number of benzene rings is 1. The summed E-state index contributed by atoms with van der Waals surface area (Å²) in [6.45, 7) is 8.13. The minimum Gasteiger partial charge on any atom is -0.382 e. The lowest BCUT2D eigenvalue weighted by Gasteiger charge is -2.18. The van der Waals surface area contributed by atoms with Crippen molar-refractivity contribution in [1.29, 1.82) is 0 Å². The molecule has 1 N–H and O–H groups in total. The van der Waals surface area contributed by atoms with E-state index in [1.54, 1.807) is 0 Å². The zero-order valence-electron chi connectivity index (χ0n) is 12.8. The van der Waals surface area contributed by atoms with Gasteiger partial charge in [-0.3, -0.25) is 0 Å². The predicted octanol–water partition coefficient (Wildman–Crippen LogP) is 4.32. The van der Waals surface area contributed by atoms with Crippen molar-refractivity contribution >= 4 is 11.6 Å². The van der Waals surface area contributed by atoms with Gasteiger partial charge in [-0.2, -0.15) is 0 Å². The second-order valence-electron chi connectivity index (χ2n) is 5.24. The Morgan fingerprint density at radius 1 is 1.20 bits per heavy atom. The third kappa shape index (κ3) is 7.88. The lowest BCUT2D eigenvalue weighted by Crippen LogP contribution is -2.25. The van der Waals surface area contributed by atoms with Gasteiger partial charge in [-0.1, -0.05) is 30.7 Å². The molecule has 0 spiro atoms. The van der Waals surface area contributed by atoms with E-state index in [2.05, 4.69) is 24.4 Å². The topological polar surface area (TPSA) is 21.3 Å². The Morgan fingerprint density at radius 2 is 1.95 bits per heavy atom. The molecule has 0 aliphatic heterocycles. The van der Waals surface area contributed by atoms with E-state index in [0.29, 0.717) is 5.92 Å². The number of rotatable bonds is 11. The van der Waals surface area contributed by atoms with Crippen molar-refractivity contribution in [2.45, 2.75) is 39.5 Å². The lowest BCUT2D eigenvalue weighted by atomic mass is 9.94. The van der Waals surface area contributed by atoms with Gasteiger partial charge in [0.15, 0.2) is 0 Å². The first-order valence-electron chi connectivity index (χ1n) is 7.79. The zero-order chi connectivity index (χ0) is 14.6. The highest BCUT2D eigenvalue weighted by molar-refractivity contribution is 6.30. The van der Waals surface area contributed by atoms with E-state index in [0.717, 1.165) is 44.2 Å². The molecule has 114 valence electrons. The highest BCUT2D eigenvalue weighted by Crippen LogP contribution is 2.16. The van der Waals surface area contributed by atoms with Gasteiger partial charge in [0.1, 0.15) is 0 Å². The van der Waals surface area contributed by atoms with E-state index in [-0.39, 0.29) is 0 Å². The highest BCUT2D eigenvalue weighted by Gasteiger charge is 2.09. The van der Waals surface area contributed by atoms with Gasteiger partial charge in [-0.25, -0.2) is 0 Å². The average molecular weight is 298 g/mol. The summed E-state index contributed by atoms with van der Waals surface area (Å²) in [6, 6.07) is 8.23. The van der Waals surface area contributed by atoms with Gasteiger partial charge < -0.3 is 10.1 Å². The maximum Gasteiger partial charge on any atom is 0.0466 e. The van der Waals surface area contributed by atoms with Crippen LogP contribution in [0.5, 0.6) is 0 Å². The summed E-state index contributed by atoms with van der Waals surface area (Å²) in [5, 5.41) is 4.35. The Hall–Kier alpha value is -0.570. The molecule has 0 saturated heterocycles. The van der Waals surface area contributed by atoms with Crippen LogP contribution < -0.4 is 5.32 Å². The molecule has 3 heteroatoms. The molecule has 1 atom stereocenters. The van der Waals surface area contributed by atoms with Crippen molar-refractivity contribution in [1.82, 2.24) is 5.32 Å². The largest absolute Gasteiger partial charge is 0.382 e. The molecule has 0 amide bonds. The molecule has 0 saturated carbocycles. The fourth-order valence-electron chi connectivity index (χ4n) is 2.33. The molecule has 1 rings (SSSR count). The minimum absolute atomic E-state index is 0.670. The van der Waals surface area contributed by atoms with E-state index in [4.69, 9.17) is 16.3 Å². The Morgan fingerprint density at radius 3 is 2.60 bits per heavy atom. The molecule has 0 aliphatic rings. The molecule has 0 aliphatic carbocycles. The smallest absolute Gasteiger partial charge is 0.0466 e. The van der Waals surface area contributed by atoms with Crippen molar-refractivity contribution < 1.29 is 4.74 Å². The molecule has 1 aromatic carbocycles. The number of hydrogen-bond acceptors (Lipinski definition) is 2. The minimum atomic E-state index is 0.670. The van der Waals surface area contributed by atoms with E-state index in [9.17, 15) is 0 Å². The molecule has 0 fully saturated rings. The summed E-state index contributed by atoms with van der Waals surface area (Å²) in [5.41, 5.74) is 1.37. The standard InChI is InChI=1S/C17H28ClNO/c1-3-11-19-14-16(6-5-12-20-4-2)13-15-7-9-17(18)10-8-15/h7-10,16,19H,3-6,11-14H2,1-2H3. The van der Waals surface area contributed by atoms with Crippen LogP contribution in [0, 0.1) is 5.92 Å². The number of halogens is 1. The quantitative estimate of drug-likeness (QED) is 0.614. The van der Waals surface area contributed by atoms with Crippen LogP contribution >= 0.6 is 11.6 Å². The van der Waals surface area contributed by atoms with Gasteiger partial charge in [-0.05, 0) is 69.3 Å². The molecule has 0 aromatic heterocycles. The first-order valence-corrected chi connectivity index (χ1v) is 8.17. The van der Waals surface area contributed by atoms with Crippen LogP contribution in [-0.2, 0) is 11.2 Å². The van der Waals surface area contributed by atoms with Crippen molar-refractivity contribution in [2.75, 3.05) is 26.3 Å². The SMILES string of the molecule is CCCNCC(CCCOCC)Cc1ccc(Cl)cc1. The predicted molar refractivity (Wildman–Crippen MR) is 87.5 cm³/mol. The monoisotopic (exact) mass is 297 g/mol. The number of ether oxygens (including phenoxy) is 1. The van der Waals surface area contributed by atoms with Gasteiger partial charge in [0.05, 0.1) is 0 Å². The van der Waals surface area contributed by atoms with Crippen LogP contribution in [0.3, 0.4) is 0 Å². The summed E-state index contributed by atoms with van der Waals surface area (Å²) >= 11 is 5.94. The van der Waals surface area contributed by atoms with Crippen molar-refractivity contribution in [3.8, 4) is 0 Å². The fraction of sp³-hybridized carbons (Fsp3) is 0.647. The number of nitrogens with one attached hydrogen (secondary N) is 1.